The molecule has 0 unspecified atom stereocenters. The molecule has 0 radical (unpaired) electrons. The highest BCUT2D eigenvalue weighted by Gasteiger charge is 2.26. The lowest BCUT2D eigenvalue weighted by atomic mass is 9.83. The molecule has 0 saturated heterocycles. The number of benzene rings is 1. The van der Waals surface area contributed by atoms with Gasteiger partial charge in [0.15, 0.2) is 0 Å². The van der Waals surface area contributed by atoms with Crippen molar-refractivity contribution in [2.24, 2.45) is 5.92 Å². The van der Waals surface area contributed by atoms with Crippen LogP contribution in [0.3, 0.4) is 0 Å². The number of H-pyrrole nitrogens is 1. The summed E-state index contributed by atoms with van der Waals surface area (Å²) >= 11 is 0. The fraction of sp³-hybridized carbons (Fsp3) is 0.455. The van der Waals surface area contributed by atoms with E-state index in [-0.39, 0.29) is 17.4 Å². The first-order valence-electron chi connectivity index (χ1n) is 10.2. The fourth-order valence-corrected chi connectivity index (χ4v) is 3.92. The number of rotatable bonds is 6. The van der Waals surface area contributed by atoms with E-state index in [1.165, 1.54) is 20.5 Å². The molecule has 0 bridgehead atoms. The molecule has 0 aliphatic heterocycles. The zero-order valence-corrected chi connectivity index (χ0v) is 18.0. The third-order valence-corrected chi connectivity index (χ3v) is 5.38. The van der Waals surface area contributed by atoms with E-state index in [2.05, 4.69) is 15.3 Å². The van der Waals surface area contributed by atoms with Crippen molar-refractivity contribution in [3.8, 4) is 17.1 Å². The molecule has 30 heavy (non-hydrogen) atoms. The Morgan fingerprint density at radius 2 is 1.97 bits per heavy atom. The van der Waals surface area contributed by atoms with Crippen LogP contribution in [0.4, 0.5) is 11.5 Å². The lowest BCUT2D eigenvalue weighted by Crippen LogP contribution is -2.30. The normalized spacial score (nSPS) is 14.3. The number of carbonyl (C=O) groups is 1. The summed E-state index contributed by atoms with van der Waals surface area (Å²) in [5, 5.41) is 11.4. The molecule has 3 rings (SSSR count). The van der Waals surface area contributed by atoms with Crippen molar-refractivity contribution < 1.29 is 9.53 Å². The molecular formula is C22H29N5O3. The van der Waals surface area contributed by atoms with Crippen molar-refractivity contribution in [3.63, 3.8) is 0 Å². The van der Waals surface area contributed by atoms with Crippen molar-refractivity contribution in [3.05, 3.63) is 34.1 Å². The highest BCUT2D eigenvalue weighted by atomic mass is 16.5. The third-order valence-electron chi connectivity index (χ3n) is 5.38. The molecule has 160 valence electrons. The van der Waals surface area contributed by atoms with Gasteiger partial charge in [0, 0.05) is 38.7 Å². The molecular weight excluding hydrogens is 382 g/mol. The van der Waals surface area contributed by atoms with E-state index in [0.29, 0.717) is 39.9 Å². The van der Waals surface area contributed by atoms with Crippen LogP contribution in [-0.2, 0) is 4.79 Å². The fourth-order valence-electron chi connectivity index (χ4n) is 3.92. The van der Waals surface area contributed by atoms with Crippen molar-refractivity contribution >= 4 is 23.1 Å². The van der Waals surface area contributed by atoms with Crippen LogP contribution in [0.2, 0.25) is 0 Å². The van der Waals surface area contributed by atoms with Gasteiger partial charge in [0.2, 0.25) is 5.91 Å². The molecule has 1 saturated carbocycles. The lowest BCUT2D eigenvalue weighted by molar-refractivity contribution is -0.114. The first-order valence-corrected chi connectivity index (χ1v) is 10.2. The number of anilines is 2. The molecule has 1 aliphatic carbocycles. The highest BCUT2D eigenvalue weighted by molar-refractivity contribution is 6.03. The van der Waals surface area contributed by atoms with Gasteiger partial charge in [0.05, 0.1) is 18.4 Å². The van der Waals surface area contributed by atoms with Gasteiger partial charge in [-0.15, -0.1) is 0 Å². The van der Waals surface area contributed by atoms with Crippen LogP contribution in [0.5, 0.6) is 5.75 Å². The second-order valence-corrected chi connectivity index (χ2v) is 7.85. The molecule has 2 aromatic rings. The Labute approximate surface area is 176 Å². The van der Waals surface area contributed by atoms with Crippen LogP contribution in [0.1, 0.15) is 44.6 Å². The first-order chi connectivity index (χ1) is 14.3. The molecule has 8 heteroatoms. The number of carbonyl (C=O) groups excluding carboxylic acids is 1. The molecule has 1 fully saturated rings. The Hall–Kier alpha value is -3.16. The summed E-state index contributed by atoms with van der Waals surface area (Å²) < 4.78 is 5.47. The van der Waals surface area contributed by atoms with Crippen LogP contribution in [0, 0.1) is 11.3 Å². The molecule has 0 atom stereocenters. The van der Waals surface area contributed by atoms with E-state index in [4.69, 9.17) is 10.1 Å². The average molecular weight is 412 g/mol. The Morgan fingerprint density at radius 3 is 2.57 bits per heavy atom. The van der Waals surface area contributed by atoms with Gasteiger partial charge in [0.1, 0.15) is 23.0 Å². The Bertz CT molecular complexity index is 1010. The van der Waals surface area contributed by atoms with Crippen molar-refractivity contribution in [1.29, 1.82) is 5.41 Å². The molecule has 1 aromatic carbocycles. The minimum atomic E-state index is -0.327. The van der Waals surface area contributed by atoms with Gasteiger partial charge in [-0.25, -0.2) is 4.98 Å². The van der Waals surface area contributed by atoms with E-state index >= 15 is 0 Å². The van der Waals surface area contributed by atoms with Crippen LogP contribution in [0.15, 0.2) is 23.0 Å². The number of aromatic nitrogens is 2. The minimum Gasteiger partial charge on any atom is -0.496 e. The largest absolute Gasteiger partial charge is 0.496 e. The van der Waals surface area contributed by atoms with Gasteiger partial charge in [0.25, 0.3) is 5.56 Å². The van der Waals surface area contributed by atoms with Crippen molar-refractivity contribution in [2.45, 2.75) is 39.0 Å². The average Bonchev–Trinajstić information content (AvgIpc) is 2.72. The number of nitrogens with one attached hydrogen (secondary N) is 3. The predicted octanol–water partition coefficient (Wildman–Crippen LogP) is 3.42. The lowest BCUT2D eigenvalue weighted by Gasteiger charge is -2.25. The van der Waals surface area contributed by atoms with Gasteiger partial charge in [-0.1, -0.05) is 19.3 Å². The number of aromatic amines is 1. The molecule has 8 nitrogen and oxygen atoms in total. The zero-order chi connectivity index (χ0) is 21.8. The maximum atomic E-state index is 13.1. The Balaban J connectivity index is 2.06. The van der Waals surface area contributed by atoms with Gasteiger partial charge in [-0.3, -0.25) is 9.59 Å². The molecule has 3 N–H and O–H groups in total. The number of nitrogens with zero attached hydrogens (tertiary/aromatic N) is 2. The Morgan fingerprint density at radius 1 is 1.27 bits per heavy atom. The number of hydrogen-bond acceptors (Lipinski definition) is 6. The van der Waals surface area contributed by atoms with E-state index < -0.39 is 0 Å². The van der Waals surface area contributed by atoms with Crippen molar-refractivity contribution in [2.75, 3.05) is 31.4 Å². The number of ether oxygens (including phenoxy) is 1. The molecule has 1 aromatic heterocycles. The third kappa shape index (κ3) is 4.53. The second-order valence-electron chi connectivity index (χ2n) is 7.85. The van der Waals surface area contributed by atoms with Gasteiger partial charge >= 0.3 is 0 Å². The summed E-state index contributed by atoms with van der Waals surface area (Å²) in [6, 6.07) is 5.16. The summed E-state index contributed by atoms with van der Waals surface area (Å²) in [4.78, 5) is 33.7. The molecule has 1 amide bonds. The monoisotopic (exact) mass is 411 g/mol. The summed E-state index contributed by atoms with van der Waals surface area (Å²) in [5.41, 5.74) is 1.57. The minimum absolute atomic E-state index is 0.0951. The first kappa shape index (κ1) is 21.5. The van der Waals surface area contributed by atoms with Crippen LogP contribution in [-0.4, -0.2) is 42.8 Å². The maximum Gasteiger partial charge on any atom is 0.262 e. The van der Waals surface area contributed by atoms with E-state index in [1.807, 2.05) is 14.1 Å². The molecule has 1 aliphatic rings. The van der Waals surface area contributed by atoms with Gasteiger partial charge in [-0.05, 0) is 25.0 Å². The molecule has 0 spiro atoms. The zero-order valence-electron chi connectivity index (χ0n) is 18.0. The van der Waals surface area contributed by atoms with Crippen LogP contribution < -0.4 is 20.5 Å². The smallest absolute Gasteiger partial charge is 0.262 e. The summed E-state index contributed by atoms with van der Waals surface area (Å²) in [6.45, 7) is 1.43. The number of methoxy groups -OCH3 is 1. The van der Waals surface area contributed by atoms with Crippen molar-refractivity contribution in [1.82, 2.24) is 9.97 Å². The standard InChI is InChI=1S/C22H29N5O3/c1-13(28)24-15-10-11-16(17(12-15)30-4)20-25-21(27(2)3)18(22(29)26-20)19(23)14-8-6-5-7-9-14/h10-12,14,23H,5-9H2,1-4H3,(H,24,28)(H,25,26,29). The SMILES string of the molecule is COc1cc(NC(C)=O)ccc1-c1nc(N(C)C)c(C(=N)C2CCCCC2)c(=O)[nH]1. The predicted molar refractivity (Wildman–Crippen MR) is 119 cm³/mol. The topological polar surface area (TPSA) is 111 Å². The van der Waals surface area contributed by atoms with Crippen LogP contribution >= 0.6 is 0 Å². The van der Waals surface area contributed by atoms with Gasteiger partial charge in [-0.2, -0.15) is 0 Å². The number of amides is 1. The van der Waals surface area contributed by atoms with E-state index in [1.54, 1.807) is 23.1 Å². The summed E-state index contributed by atoms with van der Waals surface area (Å²) in [6.07, 6.45) is 5.24. The van der Waals surface area contributed by atoms with E-state index in [9.17, 15) is 9.59 Å². The highest BCUT2D eigenvalue weighted by Crippen LogP contribution is 2.32. The number of hydrogen-bond donors (Lipinski definition) is 3. The van der Waals surface area contributed by atoms with E-state index in [0.717, 1.165) is 25.7 Å². The van der Waals surface area contributed by atoms with Gasteiger partial charge < -0.3 is 25.3 Å². The summed E-state index contributed by atoms with van der Waals surface area (Å²) in [5.74, 6) is 1.21. The molecule has 1 heterocycles. The quantitative estimate of drug-likeness (QED) is 0.631. The van der Waals surface area contributed by atoms with Crippen LogP contribution in [0.25, 0.3) is 11.4 Å². The summed E-state index contributed by atoms with van der Waals surface area (Å²) in [7, 11) is 5.16. The maximum absolute atomic E-state index is 13.1. The Kier molecular flexibility index (Phi) is 6.54. The second kappa shape index (κ2) is 9.11.